The molecular formula is C23H30IN7. The summed E-state index contributed by atoms with van der Waals surface area (Å²) in [5.74, 6) is 1.63. The van der Waals surface area contributed by atoms with E-state index in [-0.39, 0.29) is 24.0 Å². The molecule has 1 saturated heterocycles. The molecule has 1 aromatic carbocycles. The second kappa shape index (κ2) is 11.8. The van der Waals surface area contributed by atoms with Crippen LogP contribution in [0.3, 0.4) is 0 Å². The average molecular weight is 531 g/mol. The molecular weight excluding hydrogens is 501 g/mol. The molecule has 0 radical (unpaired) electrons. The predicted octanol–water partition coefficient (Wildman–Crippen LogP) is 3.35. The SMILES string of the molecule is CN=C(NCc1ccc(CN2CCCC2)cc1)NCc1ccc(-n2ccnc2)nc1.I. The van der Waals surface area contributed by atoms with Crippen molar-refractivity contribution >= 4 is 29.9 Å². The molecule has 1 fully saturated rings. The van der Waals surface area contributed by atoms with Gasteiger partial charge in [0.05, 0.1) is 0 Å². The van der Waals surface area contributed by atoms with Crippen molar-refractivity contribution in [3.63, 3.8) is 0 Å². The molecule has 1 aliphatic rings. The Hall–Kier alpha value is -2.46. The lowest BCUT2D eigenvalue weighted by molar-refractivity contribution is 0.331. The van der Waals surface area contributed by atoms with Crippen molar-refractivity contribution in [2.45, 2.75) is 32.5 Å². The molecule has 0 aliphatic carbocycles. The number of rotatable bonds is 7. The normalized spacial score (nSPS) is 14.3. The Labute approximate surface area is 201 Å². The van der Waals surface area contributed by atoms with E-state index < -0.39 is 0 Å². The molecule has 0 saturated carbocycles. The Bertz CT molecular complexity index is 931. The maximum Gasteiger partial charge on any atom is 0.191 e. The quantitative estimate of drug-likeness (QED) is 0.278. The molecule has 2 aromatic heterocycles. The second-order valence-corrected chi connectivity index (χ2v) is 7.57. The number of hydrogen-bond acceptors (Lipinski definition) is 4. The van der Waals surface area contributed by atoms with Crippen molar-refractivity contribution in [1.29, 1.82) is 0 Å². The second-order valence-electron chi connectivity index (χ2n) is 7.57. The van der Waals surface area contributed by atoms with Crippen molar-refractivity contribution < 1.29 is 0 Å². The molecule has 31 heavy (non-hydrogen) atoms. The molecule has 0 atom stereocenters. The molecule has 0 bridgehead atoms. The number of likely N-dealkylation sites (tertiary alicyclic amines) is 1. The van der Waals surface area contributed by atoms with Crippen molar-refractivity contribution in [3.05, 3.63) is 78.0 Å². The average Bonchev–Trinajstić information content (AvgIpc) is 3.50. The van der Waals surface area contributed by atoms with Crippen LogP contribution in [-0.4, -0.2) is 45.5 Å². The Morgan fingerprint density at radius 1 is 0.968 bits per heavy atom. The van der Waals surface area contributed by atoms with Gasteiger partial charge in [-0.2, -0.15) is 0 Å². The zero-order valence-electron chi connectivity index (χ0n) is 17.9. The number of hydrogen-bond donors (Lipinski definition) is 2. The molecule has 0 unspecified atom stereocenters. The highest BCUT2D eigenvalue weighted by Gasteiger charge is 2.11. The van der Waals surface area contributed by atoms with Crippen molar-refractivity contribution in [2.24, 2.45) is 4.99 Å². The first-order valence-electron chi connectivity index (χ1n) is 10.5. The van der Waals surface area contributed by atoms with Gasteiger partial charge in [0.1, 0.15) is 12.1 Å². The molecule has 8 heteroatoms. The van der Waals surface area contributed by atoms with Crippen LogP contribution in [0.25, 0.3) is 5.82 Å². The fourth-order valence-corrected chi connectivity index (χ4v) is 3.62. The van der Waals surface area contributed by atoms with Gasteiger partial charge in [-0.05, 0) is 48.7 Å². The molecule has 0 spiro atoms. The van der Waals surface area contributed by atoms with E-state index in [1.165, 1.54) is 37.1 Å². The summed E-state index contributed by atoms with van der Waals surface area (Å²) in [6.07, 6.45) is 9.90. The summed E-state index contributed by atoms with van der Waals surface area (Å²) < 4.78 is 1.88. The fraction of sp³-hybridized carbons (Fsp3) is 0.348. The van der Waals surface area contributed by atoms with Gasteiger partial charge in [-0.25, -0.2) is 9.97 Å². The van der Waals surface area contributed by atoms with E-state index in [1.807, 2.05) is 23.0 Å². The maximum atomic E-state index is 4.48. The Morgan fingerprint density at radius 3 is 2.26 bits per heavy atom. The van der Waals surface area contributed by atoms with E-state index in [1.54, 1.807) is 19.6 Å². The topological polar surface area (TPSA) is 70.4 Å². The summed E-state index contributed by atoms with van der Waals surface area (Å²) in [6.45, 7) is 4.91. The minimum Gasteiger partial charge on any atom is -0.352 e. The van der Waals surface area contributed by atoms with Crippen LogP contribution >= 0.6 is 24.0 Å². The number of nitrogens with zero attached hydrogens (tertiary/aromatic N) is 5. The van der Waals surface area contributed by atoms with Crippen molar-refractivity contribution in [3.8, 4) is 5.82 Å². The van der Waals surface area contributed by atoms with Crippen molar-refractivity contribution in [2.75, 3.05) is 20.1 Å². The zero-order chi connectivity index (χ0) is 20.6. The van der Waals surface area contributed by atoms with Gasteiger partial charge < -0.3 is 10.6 Å². The smallest absolute Gasteiger partial charge is 0.191 e. The fourth-order valence-electron chi connectivity index (χ4n) is 3.62. The third-order valence-electron chi connectivity index (χ3n) is 5.35. The summed E-state index contributed by atoms with van der Waals surface area (Å²) in [4.78, 5) is 15.4. The minimum atomic E-state index is 0. The largest absolute Gasteiger partial charge is 0.352 e. The van der Waals surface area contributed by atoms with Crippen LogP contribution < -0.4 is 10.6 Å². The van der Waals surface area contributed by atoms with Gasteiger partial charge in [0.25, 0.3) is 0 Å². The highest BCUT2D eigenvalue weighted by Crippen LogP contribution is 2.13. The van der Waals surface area contributed by atoms with Crippen LogP contribution in [0.15, 0.2) is 66.3 Å². The van der Waals surface area contributed by atoms with E-state index in [0.29, 0.717) is 6.54 Å². The predicted molar refractivity (Wildman–Crippen MR) is 135 cm³/mol. The van der Waals surface area contributed by atoms with E-state index in [2.05, 4.69) is 60.8 Å². The van der Waals surface area contributed by atoms with Crippen molar-refractivity contribution in [1.82, 2.24) is 30.1 Å². The van der Waals surface area contributed by atoms with Crippen LogP contribution in [0.1, 0.15) is 29.5 Å². The lowest BCUT2D eigenvalue weighted by Gasteiger charge is -2.15. The number of imidazole rings is 1. The van der Waals surface area contributed by atoms with E-state index >= 15 is 0 Å². The number of halogens is 1. The summed E-state index contributed by atoms with van der Waals surface area (Å²) in [5, 5.41) is 6.72. The monoisotopic (exact) mass is 531 g/mol. The third kappa shape index (κ3) is 6.76. The first kappa shape index (κ1) is 23.2. The highest BCUT2D eigenvalue weighted by molar-refractivity contribution is 14.0. The van der Waals surface area contributed by atoms with Gasteiger partial charge in [0.15, 0.2) is 5.96 Å². The van der Waals surface area contributed by atoms with Crippen LogP contribution in [0, 0.1) is 0 Å². The van der Waals surface area contributed by atoms with Gasteiger partial charge >= 0.3 is 0 Å². The van der Waals surface area contributed by atoms with E-state index in [0.717, 1.165) is 30.4 Å². The minimum absolute atomic E-state index is 0. The lowest BCUT2D eigenvalue weighted by atomic mass is 10.1. The lowest BCUT2D eigenvalue weighted by Crippen LogP contribution is -2.36. The van der Waals surface area contributed by atoms with Gasteiger partial charge in [0, 0.05) is 45.3 Å². The number of benzene rings is 1. The number of nitrogens with one attached hydrogen (secondary N) is 2. The van der Waals surface area contributed by atoms with E-state index in [9.17, 15) is 0 Å². The molecule has 1 aliphatic heterocycles. The number of aliphatic imine (C=N–C) groups is 1. The first-order valence-corrected chi connectivity index (χ1v) is 10.5. The van der Waals surface area contributed by atoms with Crippen LogP contribution in [0.4, 0.5) is 0 Å². The molecule has 3 heterocycles. The van der Waals surface area contributed by atoms with Gasteiger partial charge in [-0.3, -0.25) is 14.5 Å². The van der Waals surface area contributed by atoms with Gasteiger partial charge in [0.2, 0.25) is 0 Å². The summed E-state index contributed by atoms with van der Waals surface area (Å²) in [5.41, 5.74) is 3.72. The highest BCUT2D eigenvalue weighted by atomic mass is 127. The van der Waals surface area contributed by atoms with Gasteiger partial charge in [-0.1, -0.05) is 30.3 Å². The van der Waals surface area contributed by atoms with Crippen LogP contribution in [-0.2, 0) is 19.6 Å². The molecule has 3 aromatic rings. The number of aromatic nitrogens is 3. The standard InChI is InChI=1S/C23H29N7.HI/c1-24-23(28-16-21-8-9-22(26-15-21)30-13-10-25-18-30)27-14-19-4-6-20(7-5-19)17-29-11-2-3-12-29;/h4-10,13,15,18H,2-3,11-12,14,16-17H2,1H3,(H2,24,27,28);1H. The molecule has 7 nitrogen and oxygen atoms in total. The maximum absolute atomic E-state index is 4.48. The van der Waals surface area contributed by atoms with Crippen LogP contribution in [0.5, 0.6) is 0 Å². The Balaban J connectivity index is 0.00000272. The zero-order valence-corrected chi connectivity index (χ0v) is 20.2. The molecule has 4 rings (SSSR count). The number of pyridine rings is 1. The Kier molecular flexibility index (Phi) is 8.84. The van der Waals surface area contributed by atoms with Crippen LogP contribution in [0.2, 0.25) is 0 Å². The summed E-state index contributed by atoms with van der Waals surface area (Å²) >= 11 is 0. The Morgan fingerprint density at radius 2 is 1.65 bits per heavy atom. The summed E-state index contributed by atoms with van der Waals surface area (Å²) in [6, 6.07) is 12.9. The number of guanidine groups is 1. The molecule has 0 amide bonds. The van der Waals surface area contributed by atoms with Gasteiger partial charge in [-0.15, -0.1) is 24.0 Å². The molecule has 164 valence electrons. The molecule has 2 N–H and O–H groups in total. The third-order valence-corrected chi connectivity index (χ3v) is 5.35. The first-order chi connectivity index (χ1) is 14.8. The summed E-state index contributed by atoms with van der Waals surface area (Å²) in [7, 11) is 1.79. The van der Waals surface area contributed by atoms with E-state index in [4.69, 9.17) is 0 Å².